The van der Waals surface area contributed by atoms with Crippen molar-refractivity contribution < 1.29 is 9.59 Å². The maximum Gasteiger partial charge on any atom is 0.250 e. The Morgan fingerprint density at radius 2 is 1.93 bits per heavy atom. The van der Waals surface area contributed by atoms with Crippen molar-refractivity contribution in [2.75, 3.05) is 5.32 Å². The van der Waals surface area contributed by atoms with Crippen LogP contribution in [-0.2, 0) is 9.59 Å². The van der Waals surface area contributed by atoms with Crippen LogP contribution in [0.2, 0.25) is 0 Å². The molecule has 0 aromatic heterocycles. The molecule has 0 aliphatic heterocycles. The quantitative estimate of drug-likeness (QED) is 0.631. The Morgan fingerprint density at radius 1 is 1.33 bits per heavy atom. The molecule has 1 N–H and O–H groups in total. The van der Waals surface area contributed by atoms with E-state index in [1.54, 1.807) is 31.2 Å². The molecule has 4 heteroatoms. The lowest BCUT2D eigenvalue weighted by molar-refractivity contribution is -0.124. The molecule has 0 saturated carbocycles. The SMILES string of the molecule is CCC(=O)C(Cl)C(=O)Nc1ccccc1. The van der Waals surface area contributed by atoms with Crippen molar-refractivity contribution in [1.82, 2.24) is 0 Å². The fourth-order valence-electron chi connectivity index (χ4n) is 1.05. The third-order valence-corrected chi connectivity index (χ3v) is 2.34. The van der Waals surface area contributed by atoms with Gasteiger partial charge in [-0.2, -0.15) is 0 Å². The predicted octanol–water partition coefficient (Wildman–Crippen LogP) is 2.21. The van der Waals surface area contributed by atoms with Gasteiger partial charge in [0, 0.05) is 12.1 Å². The number of ketones is 1. The zero-order valence-electron chi connectivity index (χ0n) is 8.37. The molecule has 0 aliphatic carbocycles. The van der Waals surface area contributed by atoms with Crippen molar-refractivity contribution in [1.29, 1.82) is 0 Å². The summed E-state index contributed by atoms with van der Waals surface area (Å²) in [6.45, 7) is 1.67. The van der Waals surface area contributed by atoms with Crippen LogP contribution in [0.15, 0.2) is 30.3 Å². The standard InChI is InChI=1S/C11H12ClNO2/c1-2-9(14)10(12)11(15)13-8-6-4-3-5-7-8/h3-7,10H,2H2,1H3,(H,13,15). The summed E-state index contributed by atoms with van der Waals surface area (Å²) in [6, 6.07) is 8.89. The first-order chi connectivity index (χ1) is 7.15. The second-order valence-electron chi connectivity index (χ2n) is 3.04. The highest BCUT2D eigenvalue weighted by atomic mass is 35.5. The smallest absolute Gasteiger partial charge is 0.250 e. The van der Waals surface area contributed by atoms with Crippen LogP contribution in [-0.4, -0.2) is 17.1 Å². The van der Waals surface area contributed by atoms with Gasteiger partial charge in [0.1, 0.15) is 0 Å². The molecule has 3 nitrogen and oxygen atoms in total. The molecule has 0 aliphatic rings. The molecule has 80 valence electrons. The lowest BCUT2D eigenvalue weighted by Crippen LogP contribution is -2.29. The molecular weight excluding hydrogens is 214 g/mol. The summed E-state index contributed by atoms with van der Waals surface area (Å²) in [5.41, 5.74) is 0.636. The summed E-state index contributed by atoms with van der Waals surface area (Å²) in [7, 11) is 0. The van der Waals surface area contributed by atoms with Crippen molar-refractivity contribution >= 4 is 29.0 Å². The minimum absolute atomic E-state index is 0.260. The Hall–Kier alpha value is -1.35. The summed E-state index contributed by atoms with van der Waals surface area (Å²) < 4.78 is 0. The van der Waals surface area contributed by atoms with E-state index in [0.717, 1.165) is 0 Å². The first-order valence-corrected chi connectivity index (χ1v) is 5.11. The second-order valence-corrected chi connectivity index (χ2v) is 3.47. The molecule has 0 radical (unpaired) electrons. The average Bonchev–Trinajstić information content (AvgIpc) is 2.28. The highest BCUT2D eigenvalue weighted by Crippen LogP contribution is 2.09. The second kappa shape index (κ2) is 5.51. The Kier molecular flexibility index (Phi) is 4.31. The lowest BCUT2D eigenvalue weighted by atomic mass is 10.2. The van der Waals surface area contributed by atoms with Crippen LogP contribution >= 0.6 is 11.6 Å². The van der Waals surface area contributed by atoms with Crippen LogP contribution in [0.3, 0.4) is 0 Å². The molecular formula is C11H12ClNO2. The maximum atomic E-state index is 11.4. The van der Waals surface area contributed by atoms with E-state index in [-0.39, 0.29) is 12.2 Å². The number of rotatable bonds is 4. The van der Waals surface area contributed by atoms with Gasteiger partial charge in [-0.15, -0.1) is 11.6 Å². The molecule has 0 bridgehead atoms. The minimum atomic E-state index is -1.10. The molecule has 1 atom stereocenters. The summed E-state index contributed by atoms with van der Waals surface area (Å²) in [5, 5.41) is 1.46. The summed E-state index contributed by atoms with van der Waals surface area (Å²) in [4.78, 5) is 22.6. The third kappa shape index (κ3) is 3.36. The number of Topliss-reactive ketones (excluding diaryl/α,β-unsaturated/α-hetero) is 1. The Balaban J connectivity index is 2.60. The van der Waals surface area contributed by atoms with E-state index in [4.69, 9.17) is 11.6 Å². The highest BCUT2D eigenvalue weighted by Gasteiger charge is 2.21. The van der Waals surface area contributed by atoms with Crippen LogP contribution in [0.5, 0.6) is 0 Å². The van der Waals surface area contributed by atoms with Crippen LogP contribution < -0.4 is 5.32 Å². The normalized spacial score (nSPS) is 11.9. The number of hydrogen-bond acceptors (Lipinski definition) is 2. The lowest BCUT2D eigenvalue weighted by Gasteiger charge is -2.08. The van der Waals surface area contributed by atoms with E-state index in [9.17, 15) is 9.59 Å². The monoisotopic (exact) mass is 225 g/mol. The van der Waals surface area contributed by atoms with Crippen LogP contribution in [0.1, 0.15) is 13.3 Å². The first kappa shape index (κ1) is 11.7. The number of alkyl halides is 1. The van der Waals surface area contributed by atoms with Crippen molar-refractivity contribution in [2.24, 2.45) is 0 Å². The van der Waals surface area contributed by atoms with Gasteiger partial charge in [0.05, 0.1) is 0 Å². The molecule has 1 aromatic carbocycles. The summed E-state index contributed by atoms with van der Waals surface area (Å²) in [5.74, 6) is -0.750. The van der Waals surface area contributed by atoms with Gasteiger partial charge < -0.3 is 5.32 Å². The van der Waals surface area contributed by atoms with E-state index in [2.05, 4.69) is 5.32 Å². The molecule has 0 saturated heterocycles. The van der Waals surface area contributed by atoms with Crippen LogP contribution in [0.25, 0.3) is 0 Å². The van der Waals surface area contributed by atoms with E-state index < -0.39 is 11.3 Å². The maximum absolute atomic E-state index is 11.4. The molecule has 15 heavy (non-hydrogen) atoms. The fourth-order valence-corrected chi connectivity index (χ4v) is 1.26. The third-order valence-electron chi connectivity index (χ3n) is 1.90. The van der Waals surface area contributed by atoms with Gasteiger partial charge in [0.15, 0.2) is 11.2 Å². The molecule has 0 spiro atoms. The van der Waals surface area contributed by atoms with E-state index in [1.165, 1.54) is 0 Å². The highest BCUT2D eigenvalue weighted by molar-refractivity contribution is 6.43. The van der Waals surface area contributed by atoms with Gasteiger partial charge in [-0.3, -0.25) is 9.59 Å². The number of anilines is 1. The largest absolute Gasteiger partial charge is 0.324 e. The van der Waals surface area contributed by atoms with Crippen molar-refractivity contribution in [3.63, 3.8) is 0 Å². The predicted molar refractivity (Wildman–Crippen MR) is 60.0 cm³/mol. The van der Waals surface area contributed by atoms with Crippen molar-refractivity contribution in [2.45, 2.75) is 18.7 Å². The van der Waals surface area contributed by atoms with E-state index in [1.807, 2.05) is 6.07 Å². The number of carbonyl (C=O) groups is 2. The van der Waals surface area contributed by atoms with Gasteiger partial charge >= 0.3 is 0 Å². The number of para-hydroxylation sites is 1. The van der Waals surface area contributed by atoms with E-state index in [0.29, 0.717) is 5.69 Å². The van der Waals surface area contributed by atoms with Gasteiger partial charge in [0.2, 0.25) is 5.91 Å². The zero-order valence-corrected chi connectivity index (χ0v) is 9.12. The van der Waals surface area contributed by atoms with Gasteiger partial charge in [-0.25, -0.2) is 0 Å². The van der Waals surface area contributed by atoms with Crippen LogP contribution in [0, 0.1) is 0 Å². The molecule has 1 unspecified atom stereocenters. The van der Waals surface area contributed by atoms with Gasteiger partial charge in [0.25, 0.3) is 0 Å². The Bertz CT molecular complexity index is 351. The number of amides is 1. The zero-order chi connectivity index (χ0) is 11.3. The van der Waals surface area contributed by atoms with Gasteiger partial charge in [-0.1, -0.05) is 25.1 Å². The summed E-state index contributed by atoms with van der Waals surface area (Å²) >= 11 is 5.67. The summed E-state index contributed by atoms with van der Waals surface area (Å²) in [6.07, 6.45) is 0.260. The molecule has 1 aromatic rings. The number of halogens is 1. The minimum Gasteiger partial charge on any atom is -0.324 e. The molecule has 0 fully saturated rings. The number of nitrogens with one attached hydrogen (secondary N) is 1. The fraction of sp³-hybridized carbons (Fsp3) is 0.273. The molecule has 1 rings (SSSR count). The Labute approximate surface area is 93.4 Å². The molecule has 0 heterocycles. The van der Waals surface area contributed by atoms with Crippen LogP contribution in [0.4, 0.5) is 5.69 Å². The first-order valence-electron chi connectivity index (χ1n) is 4.68. The van der Waals surface area contributed by atoms with Crippen molar-refractivity contribution in [3.8, 4) is 0 Å². The van der Waals surface area contributed by atoms with Crippen molar-refractivity contribution in [3.05, 3.63) is 30.3 Å². The van der Waals surface area contributed by atoms with E-state index >= 15 is 0 Å². The Morgan fingerprint density at radius 3 is 2.47 bits per heavy atom. The van der Waals surface area contributed by atoms with Gasteiger partial charge in [-0.05, 0) is 12.1 Å². The number of carbonyl (C=O) groups excluding carboxylic acids is 2. The average molecular weight is 226 g/mol. The molecule has 1 amide bonds. The topological polar surface area (TPSA) is 46.2 Å². The number of benzene rings is 1. The number of hydrogen-bond donors (Lipinski definition) is 1.